The molecular weight excluding hydrogens is 442 g/mol. The molecule has 2 atom stereocenters. The molecule has 2 aromatic rings. The molecule has 0 aliphatic heterocycles. The Morgan fingerprint density at radius 3 is 2.55 bits per heavy atom. The highest BCUT2D eigenvalue weighted by molar-refractivity contribution is 7.80. The maximum Gasteiger partial charge on any atom is 0.409 e. The Morgan fingerprint density at radius 1 is 1.32 bits per heavy atom. The van der Waals surface area contributed by atoms with Gasteiger partial charge >= 0.3 is 6.09 Å². The minimum atomic E-state index is -2.40. The van der Waals surface area contributed by atoms with Crippen LogP contribution in [0.25, 0.3) is 0 Å². The molecule has 1 aromatic carbocycles. The number of thiazole rings is 1. The van der Waals surface area contributed by atoms with E-state index in [1.54, 1.807) is 24.3 Å². The Kier molecular flexibility index (Phi) is 8.92. The van der Waals surface area contributed by atoms with Gasteiger partial charge in [0.2, 0.25) is 5.91 Å². The number of hydrogen-bond acceptors (Lipinski definition) is 8. The summed E-state index contributed by atoms with van der Waals surface area (Å²) in [6.07, 6.45) is 0.413. The average molecular weight is 469 g/mol. The topological polar surface area (TPSA) is 158 Å². The number of alkyl carbamates (subject to hydrolysis) is 1. The molecule has 2 rings (SSSR count). The van der Waals surface area contributed by atoms with Crippen LogP contribution in [0.2, 0.25) is 0 Å². The minimum absolute atomic E-state index is 0.282. The van der Waals surface area contributed by atoms with Gasteiger partial charge in [0.15, 0.2) is 5.72 Å². The fourth-order valence-electron chi connectivity index (χ4n) is 2.56. The Morgan fingerprint density at radius 2 is 2.00 bits per heavy atom. The van der Waals surface area contributed by atoms with Crippen molar-refractivity contribution in [3.8, 4) is 0 Å². The normalized spacial score (nSPS) is 13.2. The lowest BCUT2D eigenvalue weighted by Gasteiger charge is -2.20. The average Bonchev–Trinajstić information content (AvgIpc) is 3.15. The van der Waals surface area contributed by atoms with Crippen LogP contribution in [0.15, 0.2) is 29.6 Å². The molecule has 0 aliphatic carbocycles. The molecule has 0 aliphatic rings. The smallest absolute Gasteiger partial charge is 0.409 e. The predicted molar refractivity (Wildman–Crippen MR) is 118 cm³/mol. The van der Waals surface area contributed by atoms with Crippen LogP contribution in [-0.4, -0.2) is 38.0 Å². The van der Waals surface area contributed by atoms with E-state index in [1.807, 2.05) is 12.3 Å². The van der Waals surface area contributed by atoms with Crippen LogP contribution in [0.3, 0.4) is 0 Å². The monoisotopic (exact) mass is 468 g/mol. The van der Waals surface area contributed by atoms with Crippen molar-refractivity contribution in [1.29, 1.82) is 0 Å². The number of nitrogens with two attached hydrogens (primary N) is 1. The number of benzene rings is 1. The van der Waals surface area contributed by atoms with Crippen molar-refractivity contribution in [2.45, 2.75) is 45.4 Å². The number of carbonyl (C=O) groups is 2. The largest absolute Gasteiger partial charge is 0.755 e. The van der Waals surface area contributed by atoms with Gasteiger partial charge in [0.25, 0.3) is 0 Å². The van der Waals surface area contributed by atoms with Crippen molar-refractivity contribution >= 4 is 40.3 Å². The van der Waals surface area contributed by atoms with Gasteiger partial charge in [-0.05, 0) is 44.4 Å². The fraction of sp³-hybridized carbons (Fsp3) is 0.421. The summed E-state index contributed by atoms with van der Waals surface area (Å²) in [6, 6.07) is 6.38. The van der Waals surface area contributed by atoms with Crippen LogP contribution in [0.4, 0.5) is 10.5 Å². The van der Waals surface area contributed by atoms with Gasteiger partial charge < -0.3 is 24.6 Å². The van der Waals surface area contributed by atoms with Crippen LogP contribution >= 0.6 is 11.3 Å². The molecule has 0 spiro atoms. The van der Waals surface area contributed by atoms with Crippen LogP contribution < -0.4 is 21.1 Å². The number of hydrogen-bond donors (Lipinski definition) is 4. The fourth-order valence-corrected chi connectivity index (χ4v) is 3.84. The molecule has 170 valence electrons. The second kappa shape index (κ2) is 11.2. The molecule has 0 saturated heterocycles. The summed E-state index contributed by atoms with van der Waals surface area (Å²) in [5.74, 6) is -0.412. The number of ether oxygens (including phenoxy) is 1. The zero-order chi connectivity index (χ0) is 23.0. The zero-order valence-electron chi connectivity index (χ0n) is 17.5. The van der Waals surface area contributed by atoms with Crippen molar-refractivity contribution in [1.82, 2.24) is 15.6 Å². The molecule has 12 heteroatoms. The summed E-state index contributed by atoms with van der Waals surface area (Å²) in [6.45, 7) is 4.75. The van der Waals surface area contributed by atoms with E-state index in [4.69, 9.17) is 10.5 Å². The van der Waals surface area contributed by atoms with Gasteiger partial charge in [-0.1, -0.05) is 19.1 Å². The summed E-state index contributed by atoms with van der Waals surface area (Å²) >= 11 is -0.962. The number of nitrogens with one attached hydrogen (secondary N) is 3. The van der Waals surface area contributed by atoms with Crippen LogP contribution in [0.1, 0.15) is 43.1 Å². The number of rotatable bonds is 10. The van der Waals surface area contributed by atoms with Gasteiger partial charge in [0.05, 0.1) is 11.7 Å². The van der Waals surface area contributed by atoms with Crippen LogP contribution in [0, 0.1) is 0 Å². The summed E-state index contributed by atoms with van der Waals surface area (Å²) in [7, 11) is 0. The maximum atomic E-state index is 12.4. The second-order valence-electron chi connectivity index (χ2n) is 7.24. The standard InChI is InChI=1S/C19H27N5O5S2/c1-4-13-11-30-17(22-13)15(9-12-5-7-14(8-6-12)24-31(27)28)23-16(25)10-21-18(26)29-19(2,3)20/h5-8,11,15,24H,4,9-10,20H2,1-3H3,(H,21,26)(H,23,25)(H,27,28)/p-1/t15-/m0/s1. The molecular formula is C19H26N5O5S2-. The van der Waals surface area contributed by atoms with E-state index in [2.05, 4.69) is 20.3 Å². The summed E-state index contributed by atoms with van der Waals surface area (Å²) in [5, 5.41) is 7.91. The lowest BCUT2D eigenvalue weighted by atomic mass is 10.1. The number of anilines is 1. The first-order chi connectivity index (χ1) is 14.6. The number of carbonyl (C=O) groups excluding carboxylic acids is 2. The van der Waals surface area contributed by atoms with Crippen molar-refractivity contribution in [2.75, 3.05) is 11.3 Å². The lowest BCUT2D eigenvalue weighted by molar-refractivity contribution is -0.121. The third-order valence-electron chi connectivity index (χ3n) is 3.91. The van der Waals surface area contributed by atoms with Gasteiger partial charge in [-0.15, -0.1) is 11.3 Å². The molecule has 31 heavy (non-hydrogen) atoms. The molecule has 0 radical (unpaired) electrons. The maximum absolute atomic E-state index is 12.4. The molecule has 1 heterocycles. The Labute approximate surface area is 187 Å². The van der Waals surface area contributed by atoms with E-state index < -0.39 is 35.0 Å². The molecule has 0 fully saturated rings. The van der Waals surface area contributed by atoms with Gasteiger partial charge in [-0.3, -0.25) is 14.7 Å². The highest BCUT2D eigenvalue weighted by Gasteiger charge is 2.21. The third kappa shape index (κ3) is 9.00. The molecule has 1 unspecified atom stereocenters. The Balaban J connectivity index is 2.06. The van der Waals surface area contributed by atoms with Crippen LogP contribution in [0.5, 0.6) is 0 Å². The first kappa shape index (κ1) is 24.7. The SMILES string of the molecule is CCc1csc([C@H](Cc2ccc(NS(=O)[O-])cc2)NC(=O)CNC(=O)OC(C)(C)N)n1. The van der Waals surface area contributed by atoms with Crippen molar-refractivity contribution in [2.24, 2.45) is 5.73 Å². The number of amides is 2. The molecule has 0 saturated carbocycles. The number of nitrogens with zero attached hydrogens (tertiary/aromatic N) is 1. The molecule has 2 amide bonds. The van der Waals surface area contributed by atoms with E-state index in [9.17, 15) is 18.4 Å². The van der Waals surface area contributed by atoms with E-state index in [0.717, 1.165) is 22.7 Å². The van der Waals surface area contributed by atoms with E-state index in [0.29, 0.717) is 12.1 Å². The number of aromatic nitrogens is 1. The van der Waals surface area contributed by atoms with Gasteiger partial charge in [0.1, 0.15) is 11.6 Å². The molecule has 5 N–H and O–H groups in total. The quantitative estimate of drug-likeness (QED) is 0.305. The lowest BCUT2D eigenvalue weighted by Crippen LogP contribution is -2.44. The summed E-state index contributed by atoms with van der Waals surface area (Å²) in [4.78, 5) is 28.7. The van der Waals surface area contributed by atoms with E-state index in [1.165, 1.54) is 25.2 Å². The van der Waals surface area contributed by atoms with Gasteiger partial charge in [0, 0.05) is 22.3 Å². The first-order valence-corrected chi connectivity index (χ1v) is 11.5. The highest BCUT2D eigenvalue weighted by Crippen LogP contribution is 2.23. The summed E-state index contributed by atoms with van der Waals surface area (Å²) < 4.78 is 28.7. The molecule has 10 nitrogen and oxygen atoms in total. The Bertz CT molecular complexity index is 911. The van der Waals surface area contributed by atoms with Gasteiger partial charge in [-0.2, -0.15) is 0 Å². The minimum Gasteiger partial charge on any atom is -0.755 e. The summed E-state index contributed by atoms with van der Waals surface area (Å²) in [5.41, 5.74) is 6.69. The predicted octanol–water partition coefficient (Wildman–Crippen LogP) is 1.73. The highest BCUT2D eigenvalue weighted by atomic mass is 32.2. The van der Waals surface area contributed by atoms with E-state index >= 15 is 0 Å². The van der Waals surface area contributed by atoms with Crippen molar-refractivity contribution < 1.29 is 23.1 Å². The Hall–Kier alpha value is -2.54. The van der Waals surface area contributed by atoms with E-state index in [-0.39, 0.29) is 6.54 Å². The second-order valence-corrected chi connectivity index (χ2v) is 8.80. The molecule has 1 aromatic heterocycles. The zero-order valence-corrected chi connectivity index (χ0v) is 19.1. The molecule has 0 bridgehead atoms. The first-order valence-electron chi connectivity index (χ1n) is 9.50. The van der Waals surface area contributed by atoms with Gasteiger partial charge in [-0.25, -0.2) is 9.78 Å². The van der Waals surface area contributed by atoms with Crippen molar-refractivity contribution in [3.63, 3.8) is 0 Å². The van der Waals surface area contributed by atoms with Crippen LogP contribution in [-0.2, 0) is 33.6 Å². The van der Waals surface area contributed by atoms with Crippen molar-refractivity contribution in [3.05, 3.63) is 45.9 Å². The third-order valence-corrected chi connectivity index (χ3v) is 5.32. The number of aryl methyl sites for hydroxylation is 1.